The molecule has 1 aromatic heterocycles. The summed E-state index contributed by atoms with van der Waals surface area (Å²) in [7, 11) is 0. The van der Waals surface area contributed by atoms with E-state index in [0.29, 0.717) is 24.0 Å². The lowest BCUT2D eigenvalue weighted by Crippen LogP contribution is -2.39. The Bertz CT molecular complexity index is 1230. The molecule has 1 aliphatic rings. The van der Waals surface area contributed by atoms with Crippen LogP contribution in [0.5, 0.6) is 0 Å². The number of amides is 1. The van der Waals surface area contributed by atoms with E-state index in [4.69, 9.17) is 9.72 Å². The van der Waals surface area contributed by atoms with E-state index in [1.54, 1.807) is 27.7 Å². The molecule has 0 N–H and O–H groups in total. The van der Waals surface area contributed by atoms with Crippen molar-refractivity contribution in [1.82, 2.24) is 14.5 Å². The summed E-state index contributed by atoms with van der Waals surface area (Å²) in [6.45, 7) is 4.65. The van der Waals surface area contributed by atoms with E-state index in [0.717, 1.165) is 43.5 Å². The SMILES string of the molecule is CC(C)N(Cc1ccccc1)C(=O)COC(=O)c1ccc2c(=O)n3c(nc2c1)CCCCCC3. The first kappa shape index (κ1) is 23.7. The number of benzene rings is 2. The number of hydrogen-bond acceptors (Lipinski definition) is 5. The van der Waals surface area contributed by atoms with E-state index in [1.165, 1.54) is 0 Å². The molecule has 2 aromatic carbocycles. The maximum Gasteiger partial charge on any atom is 0.338 e. The van der Waals surface area contributed by atoms with Crippen molar-refractivity contribution in [1.29, 1.82) is 0 Å². The van der Waals surface area contributed by atoms with Crippen molar-refractivity contribution in [2.24, 2.45) is 0 Å². The van der Waals surface area contributed by atoms with Gasteiger partial charge in [0.25, 0.3) is 11.5 Å². The van der Waals surface area contributed by atoms with Crippen molar-refractivity contribution in [2.45, 2.75) is 65.1 Å². The lowest BCUT2D eigenvalue weighted by atomic mass is 10.1. The summed E-state index contributed by atoms with van der Waals surface area (Å²) in [5.41, 5.74) is 1.72. The second kappa shape index (κ2) is 10.6. The Morgan fingerprint density at radius 1 is 1.06 bits per heavy atom. The van der Waals surface area contributed by atoms with E-state index >= 15 is 0 Å². The van der Waals surface area contributed by atoms with Crippen molar-refractivity contribution in [3.8, 4) is 0 Å². The average molecular weight is 462 g/mol. The lowest BCUT2D eigenvalue weighted by Gasteiger charge is -2.26. The van der Waals surface area contributed by atoms with Gasteiger partial charge in [0.1, 0.15) is 5.82 Å². The Morgan fingerprint density at radius 3 is 2.59 bits per heavy atom. The van der Waals surface area contributed by atoms with Gasteiger partial charge in [-0.25, -0.2) is 9.78 Å². The van der Waals surface area contributed by atoms with Gasteiger partial charge < -0.3 is 9.64 Å². The molecule has 1 amide bonds. The van der Waals surface area contributed by atoms with Crippen LogP contribution in [0.25, 0.3) is 10.9 Å². The minimum absolute atomic E-state index is 0.0382. The number of nitrogens with zero attached hydrogens (tertiary/aromatic N) is 3. The highest BCUT2D eigenvalue weighted by atomic mass is 16.5. The van der Waals surface area contributed by atoms with Gasteiger partial charge in [0.2, 0.25) is 0 Å². The molecule has 2 heterocycles. The monoisotopic (exact) mass is 461 g/mol. The number of carbonyl (C=O) groups is 2. The summed E-state index contributed by atoms with van der Waals surface area (Å²) < 4.78 is 7.12. The van der Waals surface area contributed by atoms with Crippen LogP contribution < -0.4 is 5.56 Å². The van der Waals surface area contributed by atoms with E-state index in [-0.39, 0.29) is 29.7 Å². The van der Waals surface area contributed by atoms with Gasteiger partial charge >= 0.3 is 5.97 Å². The summed E-state index contributed by atoms with van der Waals surface area (Å²) in [6, 6.07) is 14.5. The minimum Gasteiger partial charge on any atom is -0.452 e. The minimum atomic E-state index is -0.604. The fourth-order valence-corrected chi connectivity index (χ4v) is 4.35. The van der Waals surface area contributed by atoms with Crippen molar-refractivity contribution < 1.29 is 14.3 Å². The van der Waals surface area contributed by atoms with Crippen LogP contribution in [0.3, 0.4) is 0 Å². The Labute approximate surface area is 199 Å². The average Bonchev–Trinajstić information content (AvgIpc) is 2.82. The highest BCUT2D eigenvalue weighted by Gasteiger charge is 2.20. The van der Waals surface area contributed by atoms with E-state index in [9.17, 15) is 14.4 Å². The standard InChI is InChI=1S/C27H31N3O4/c1-19(2)30(17-20-10-6-5-7-11-20)25(31)18-34-27(33)21-13-14-22-23(16-21)28-24-12-8-3-4-9-15-29(24)26(22)32/h5-7,10-11,13-14,16,19H,3-4,8-9,12,15,17-18H2,1-2H3. The third kappa shape index (κ3) is 5.35. The number of esters is 1. The summed E-state index contributed by atoms with van der Waals surface area (Å²) in [5.74, 6) is -0.0931. The first-order chi connectivity index (χ1) is 16.4. The van der Waals surface area contributed by atoms with Crippen molar-refractivity contribution in [3.05, 3.63) is 75.8 Å². The van der Waals surface area contributed by atoms with Crippen LogP contribution in [0.1, 0.15) is 61.3 Å². The van der Waals surface area contributed by atoms with E-state index in [2.05, 4.69) is 0 Å². The summed E-state index contributed by atoms with van der Waals surface area (Å²) in [6.07, 6.45) is 4.97. The Morgan fingerprint density at radius 2 is 1.82 bits per heavy atom. The van der Waals surface area contributed by atoms with Gasteiger partial charge in [0.15, 0.2) is 6.61 Å². The van der Waals surface area contributed by atoms with Gasteiger partial charge in [-0.05, 0) is 50.5 Å². The summed E-state index contributed by atoms with van der Waals surface area (Å²) in [4.78, 5) is 44.9. The molecule has 4 rings (SSSR count). The number of aromatic nitrogens is 2. The number of carbonyl (C=O) groups excluding carboxylic acids is 2. The largest absolute Gasteiger partial charge is 0.452 e. The van der Waals surface area contributed by atoms with E-state index < -0.39 is 5.97 Å². The third-order valence-electron chi connectivity index (χ3n) is 6.27. The normalized spacial score (nSPS) is 13.7. The lowest BCUT2D eigenvalue weighted by molar-refractivity contribution is -0.136. The molecule has 0 saturated heterocycles. The predicted molar refractivity (Wildman–Crippen MR) is 131 cm³/mol. The fraction of sp³-hybridized carbons (Fsp3) is 0.407. The second-order valence-electron chi connectivity index (χ2n) is 9.06. The molecule has 178 valence electrons. The van der Waals surface area contributed by atoms with Crippen LogP contribution in [0, 0.1) is 0 Å². The smallest absolute Gasteiger partial charge is 0.338 e. The van der Waals surface area contributed by atoms with Gasteiger partial charge in [-0.2, -0.15) is 0 Å². The van der Waals surface area contributed by atoms with Gasteiger partial charge in [-0.15, -0.1) is 0 Å². The van der Waals surface area contributed by atoms with Gasteiger partial charge in [0, 0.05) is 25.6 Å². The Kier molecular flexibility index (Phi) is 7.40. The van der Waals surface area contributed by atoms with Crippen LogP contribution in [0.2, 0.25) is 0 Å². The zero-order chi connectivity index (χ0) is 24.1. The Hall–Kier alpha value is -3.48. The zero-order valence-electron chi connectivity index (χ0n) is 19.8. The maximum atomic E-state index is 13.0. The van der Waals surface area contributed by atoms with Crippen LogP contribution >= 0.6 is 0 Å². The van der Waals surface area contributed by atoms with Gasteiger partial charge in [-0.3, -0.25) is 14.2 Å². The number of hydrogen-bond donors (Lipinski definition) is 0. The molecule has 0 bridgehead atoms. The zero-order valence-corrected chi connectivity index (χ0v) is 19.8. The molecule has 3 aromatic rings. The molecular formula is C27H31N3O4. The van der Waals surface area contributed by atoms with Crippen LogP contribution in [0.15, 0.2) is 53.3 Å². The highest BCUT2D eigenvalue weighted by molar-refractivity contribution is 5.95. The third-order valence-corrected chi connectivity index (χ3v) is 6.27. The number of rotatable bonds is 6. The maximum absolute atomic E-state index is 13.0. The highest BCUT2D eigenvalue weighted by Crippen LogP contribution is 2.17. The Balaban J connectivity index is 1.48. The first-order valence-corrected chi connectivity index (χ1v) is 12.0. The summed E-state index contributed by atoms with van der Waals surface area (Å²) in [5, 5.41) is 0.491. The molecule has 34 heavy (non-hydrogen) atoms. The molecular weight excluding hydrogens is 430 g/mol. The molecule has 0 atom stereocenters. The van der Waals surface area contributed by atoms with Crippen molar-refractivity contribution in [2.75, 3.05) is 6.61 Å². The van der Waals surface area contributed by atoms with Crippen LogP contribution in [0.4, 0.5) is 0 Å². The molecule has 0 fully saturated rings. The molecule has 7 nitrogen and oxygen atoms in total. The molecule has 0 aliphatic carbocycles. The van der Waals surface area contributed by atoms with Crippen molar-refractivity contribution >= 4 is 22.8 Å². The molecule has 1 aliphatic heterocycles. The fourth-order valence-electron chi connectivity index (χ4n) is 4.35. The number of ether oxygens (including phenoxy) is 1. The topological polar surface area (TPSA) is 81.5 Å². The summed E-state index contributed by atoms with van der Waals surface area (Å²) >= 11 is 0. The molecule has 0 spiro atoms. The first-order valence-electron chi connectivity index (χ1n) is 12.0. The van der Waals surface area contributed by atoms with Crippen molar-refractivity contribution in [3.63, 3.8) is 0 Å². The molecule has 0 saturated carbocycles. The van der Waals surface area contributed by atoms with Crippen LogP contribution in [-0.2, 0) is 29.0 Å². The molecule has 7 heteroatoms. The number of fused-ring (bicyclic) bond motifs is 2. The van der Waals surface area contributed by atoms with Gasteiger partial charge in [-0.1, -0.05) is 43.2 Å². The molecule has 0 unspecified atom stereocenters. The molecule has 0 radical (unpaired) electrons. The second-order valence-corrected chi connectivity index (χ2v) is 9.06. The number of aryl methyl sites for hydroxylation is 1. The van der Waals surface area contributed by atoms with Crippen LogP contribution in [-0.4, -0.2) is 39.0 Å². The predicted octanol–water partition coefficient (Wildman–Crippen LogP) is 4.11. The van der Waals surface area contributed by atoms with Gasteiger partial charge in [0.05, 0.1) is 16.5 Å². The quantitative estimate of drug-likeness (QED) is 0.516. The van der Waals surface area contributed by atoms with E-state index in [1.807, 2.05) is 44.2 Å².